The van der Waals surface area contributed by atoms with Crippen LogP contribution in [0.3, 0.4) is 0 Å². The molecule has 1 aliphatic rings. The van der Waals surface area contributed by atoms with Gasteiger partial charge < -0.3 is 20.1 Å². The maximum absolute atomic E-state index is 12.4. The average molecular weight is 429 g/mol. The van der Waals surface area contributed by atoms with Crippen LogP contribution in [0.5, 0.6) is 5.75 Å². The fraction of sp³-hybridized carbons (Fsp3) is 0.250. The van der Waals surface area contributed by atoms with E-state index in [-0.39, 0.29) is 6.03 Å². The molecule has 0 bridgehead atoms. The van der Waals surface area contributed by atoms with E-state index in [1.165, 1.54) is 7.11 Å². The molecule has 1 fully saturated rings. The molecule has 32 heavy (non-hydrogen) atoms. The summed E-state index contributed by atoms with van der Waals surface area (Å²) >= 11 is 0. The highest BCUT2D eigenvalue weighted by Crippen LogP contribution is 2.25. The Morgan fingerprint density at radius 2 is 2.19 bits per heavy atom. The van der Waals surface area contributed by atoms with E-state index in [2.05, 4.69) is 21.4 Å². The highest BCUT2D eigenvalue weighted by molar-refractivity contribution is 5.89. The summed E-state index contributed by atoms with van der Waals surface area (Å²) in [6.45, 7) is 0.900. The minimum absolute atomic E-state index is 0.218. The number of aliphatic hydroxyl groups excluding tert-OH is 1. The van der Waals surface area contributed by atoms with Crippen molar-refractivity contribution in [3.63, 3.8) is 0 Å². The van der Waals surface area contributed by atoms with Crippen LogP contribution in [0.4, 0.5) is 10.5 Å². The third kappa shape index (κ3) is 4.85. The van der Waals surface area contributed by atoms with Crippen molar-refractivity contribution in [2.75, 3.05) is 25.5 Å². The Morgan fingerprint density at radius 1 is 1.31 bits per heavy atom. The molecule has 2 amide bonds. The second kappa shape index (κ2) is 9.45. The minimum atomic E-state index is -0.452. The fourth-order valence-electron chi connectivity index (χ4n) is 3.67. The van der Waals surface area contributed by atoms with Crippen molar-refractivity contribution in [2.45, 2.75) is 18.9 Å². The molecule has 2 aromatic carbocycles. The van der Waals surface area contributed by atoms with E-state index in [1.807, 2.05) is 30.3 Å². The van der Waals surface area contributed by atoms with E-state index in [9.17, 15) is 15.2 Å². The van der Waals surface area contributed by atoms with Gasteiger partial charge in [0.1, 0.15) is 17.6 Å². The summed E-state index contributed by atoms with van der Waals surface area (Å²) < 4.78 is 5.21. The van der Waals surface area contributed by atoms with Gasteiger partial charge in [0.05, 0.1) is 24.5 Å². The number of ether oxygens (including phenoxy) is 1. The number of aromatic nitrogens is 2. The van der Waals surface area contributed by atoms with E-state index in [0.717, 1.165) is 11.1 Å². The van der Waals surface area contributed by atoms with Crippen molar-refractivity contribution < 1.29 is 14.6 Å². The predicted octanol–water partition coefficient (Wildman–Crippen LogP) is 3.21. The smallest absolute Gasteiger partial charge is 0.321 e. The number of nitrogens with one attached hydrogen (secondary N) is 1. The minimum Gasteiger partial charge on any atom is -0.495 e. The van der Waals surface area contributed by atoms with Gasteiger partial charge in [0.25, 0.3) is 0 Å². The van der Waals surface area contributed by atoms with Crippen LogP contribution in [0.15, 0.2) is 54.7 Å². The topological polar surface area (TPSA) is 111 Å². The molecule has 2 N–H and O–H groups in total. The Balaban J connectivity index is 1.49. The third-order valence-electron chi connectivity index (χ3n) is 5.31. The molecule has 0 radical (unpaired) electrons. The van der Waals surface area contributed by atoms with Crippen LogP contribution in [0.1, 0.15) is 23.4 Å². The monoisotopic (exact) mass is 429 g/mol. The second-order valence-corrected chi connectivity index (χ2v) is 7.58. The first kappa shape index (κ1) is 21.3. The molecule has 0 aliphatic carbocycles. The number of amides is 2. The molecule has 8 heteroatoms. The standard InChI is InChI=1S/C24H23N5O3/c1-32-22-6-5-17(13-18(22)14-25)21-7-9-26-23(28-21)12-16-3-2-4-19(11-16)27-24(31)29-10-8-20(30)15-29/h2-7,9,11,13,20,30H,8,10,12,15H2,1H3,(H,27,31)/t20-/m1/s1. The van der Waals surface area contributed by atoms with Crippen LogP contribution in [0, 0.1) is 11.3 Å². The summed E-state index contributed by atoms with van der Waals surface area (Å²) in [5.74, 6) is 1.15. The van der Waals surface area contributed by atoms with E-state index < -0.39 is 6.10 Å². The molecule has 8 nitrogen and oxygen atoms in total. The highest BCUT2D eigenvalue weighted by Gasteiger charge is 2.24. The lowest BCUT2D eigenvalue weighted by molar-refractivity contribution is 0.176. The van der Waals surface area contributed by atoms with Gasteiger partial charge in [-0.15, -0.1) is 0 Å². The fourth-order valence-corrected chi connectivity index (χ4v) is 3.67. The van der Waals surface area contributed by atoms with Gasteiger partial charge >= 0.3 is 6.03 Å². The lowest BCUT2D eigenvalue weighted by Crippen LogP contribution is -2.33. The molecule has 162 valence electrons. The summed E-state index contributed by atoms with van der Waals surface area (Å²) in [6, 6.07) is 16.6. The predicted molar refractivity (Wildman–Crippen MR) is 119 cm³/mol. The number of urea groups is 1. The van der Waals surface area contributed by atoms with E-state index in [1.54, 1.807) is 29.3 Å². The second-order valence-electron chi connectivity index (χ2n) is 7.58. The lowest BCUT2D eigenvalue weighted by Gasteiger charge is -2.16. The van der Waals surface area contributed by atoms with Gasteiger partial charge in [-0.1, -0.05) is 12.1 Å². The molecular formula is C24H23N5O3. The molecule has 0 unspecified atom stereocenters. The Bertz CT molecular complexity index is 1170. The Labute approximate surface area is 186 Å². The molecular weight excluding hydrogens is 406 g/mol. The molecule has 1 aliphatic heterocycles. The van der Waals surface area contributed by atoms with Crippen LogP contribution >= 0.6 is 0 Å². The Hall–Kier alpha value is -3.96. The van der Waals surface area contributed by atoms with Crippen LogP contribution in [-0.4, -0.2) is 52.3 Å². The van der Waals surface area contributed by atoms with Crippen LogP contribution in [-0.2, 0) is 6.42 Å². The van der Waals surface area contributed by atoms with Gasteiger partial charge in [-0.25, -0.2) is 14.8 Å². The van der Waals surface area contributed by atoms with Gasteiger partial charge in [-0.3, -0.25) is 0 Å². The third-order valence-corrected chi connectivity index (χ3v) is 5.31. The molecule has 0 saturated carbocycles. The Morgan fingerprint density at radius 3 is 2.94 bits per heavy atom. The number of hydrogen-bond donors (Lipinski definition) is 2. The van der Waals surface area contributed by atoms with Gasteiger partial charge in [-0.05, 0) is 48.4 Å². The number of benzene rings is 2. The number of likely N-dealkylation sites (tertiary alicyclic amines) is 1. The van der Waals surface area contributed by atoms with Gasteiger partial charge in [0.15, 0.2) is 0 Å². The molecule has 0 spiro atoms. The first-order valence-corrected chi connectivity index (χ1v) is 10.3. The average Bonchev–Trinajstić information content (AvgIpc) is 3.25. The molecule has 1 atom stereocenters. The first-order chi connectivity index (χ1) is 15.6. The highest BCUT2D eigenvalue weighted by atomic mass is 16.5. The van der Waals surface area contributed by atoms with E-state index in [4.69, 9.17) is 4.74 Å². The van der Waals surface area contributed by atoms with Gasteiger partial charge in [-0.2, -0.15) is 5.26 Å². The number of anilines is 1. The first-order valence-electron chi connectivity index (χ1n) is 10.3. The number of methoxy groups -OCH3 is 1. The molecule has 4 rings (SSSR count). The van der Waals surface area contributed by atoms with Crippen molar-refractivity contribution in [1.29, 1.82) is 5.26 Å². The zero-order valence-corrected chi connectivity index (χ0v) is 17.7. The molecule has 2 heterocycles. The number of β-amino-alcohol motifs (C(OH)–C–C–N with tert-alkyl or cyclic N) is 1. The number of carbonyl (C=O) groups is 1. The molecule has 1 saturated heterocycles. The van der Waals surface area contributed by atoms with Gasteiger partial charge in [0.2, 0.25) is 0 Å². The molecule has 3 aromatic rings. The van der Waals surface area contributed by atoms with Crippen LogP contribution in [0.2, 0.25) is 0 Å². The maximum atomic E-state index is 12.4. The van der Waals surface area contributed by atoms with Crippen molar-refractivity contribution in [1.82, 2.24) is 14.9 Å². The van der Waals surface area contributed by atoms with Crippen LogP contribution in [0.25, 0.3) is 11.3 Å². The lowest BCUT2D eigenvalue weighted by atomic mass is 10.1. The summed E-state index contributed by atoms with van der Waals surface area (Å²) in [6.07, 6.45) is 2.33. The summed E-state index contributed by atoms with van der Waals surface area (Å²) in [4.78, 5) is 23.0. The number of rotatable bonds is 5. The summed E-state index contributed by atoms with van der Waals surface area (Å²) in [5, 5.41) is 21.8. The van der Waals surface area contributed by atoms with E-state index in [0.29, 0.717) is 54.4 Å². The van der Waals surface area contributed by atoms with Crippen molar-refractivity contribution in [3.8, 4) is 23.1 Å². The van der Waals surface area contributed by atoms with Crippen LogP contribution < -0.4 is 10.1 Å². The van der Waals surface area contributed by atoms with E-state index >= 15 is 0 Å². The van der Waals surface area contributed by atoms with Crippen molar-refractivity contribution >= 4 is 11.7 Å². The Kier molecular flexibility index (Phi) is 6.29. The maximum Gasteiger partial charge on any atom is 0.321 e. The number of nitrogens with zero attached hydrogens (tertiary/aromatic N) is 4. The SMILES string of the molecule is COc1ccc(-c2ccnc(Cc3cccc(NC(=O)N4CC[C@@H](O)C4)c3)n2)cc1C#N. The summed E-state index contributed by atoms with van der Waals surface area (Å²) in [7, 11) is 1.53. The number of aliphatic hydroxyl groups is 1. The normalized spacial score (nSPS) is 15.3. The zero-order chi connectivity index (χ0) is 22.5. The number of nitriles is 1. The number of carbonyl (C=O) groups excluding carboxylic acids is 1. The summed E-state index contributed by atoms with van der Waals surface area (Å²) in [5.41, 5.74) is 3.60. The molecule has 1 aromatic heterocycles. The quantitative estimate of drug-likeness (QED) is 0.644. The zero-order valence-electron chi connectivity index (χ0n) is 17.7. The largest absolute Gasteiger partial charge is 0.495 e. The van der Waals surface area contributed by atoms with Crippen molar-refractivity contribution in [3.05, 3.63) is 71.7 Å². The number of hydrogen-bond acceptors (Lipinski definition) is 6. The van der Waals surface area contributed by atoms with Crippen molar-refractivity contribution in [2.24, 2.45) is 0 Å². The van der Waals surface area contributed by atoms with Gasteiger partial charge in [0, 0.05) is 37.0 Å².